The van der Waals surface area contributed by atoms with Gasteiger partial charge in [-0.15, -0.1) is 0 Å². The van der Waals surface area contributed by atoms with E-state index in [0.717, 1.165) is 33.4 Å². The SMILES string of the molecule is Cc1ccc(OCC(=O)Nc2ccc(-c3nc4ccc(C)cc4o3)cc2)c(C)c1. The van der Waals surface area contributed by atoms with Crippen molar-refractivity contribution in [3.8, 4) is 17.2 Å². The number of benzene rings is 3. The van der Waals surface area contributed by atoms with Gasteiger partial charge in [0.2, 0.25) is 5.89 Å². The molecule has 5 nitrogen and oxygen atoms in total. The Kier molecular flexibility index (Phi) is 5.04. The summed E-state index contributed by atoms with van der Waals surface area (Å²) in [5, 5.41) is 2.84. The van der Waals surface area contributed by atoms with Gasteiger partial charge in [0.25, 0.3) is 5.91 Å². The molecule has 0 saturated carbocycles. The number of carbonyl (C=O) groups is 1. The highest BCUT2D eigenvalue weighted by atomic mass is 16.5. The number of anilines is 1. The van der Waals surface area contributed by atoms with Crippen LogP contribution in [-0.2, 0) is 4.79 Å². The molecule has 4 rings (SSSR count). The van der Waals surface area contributed by atoms with Gasteiger partial charge in [0.1, 0.15) is 11.3 Å². The van der Waals surface area contributed by atoms with Gasteiger partial charge in [0.15, 0.2) is 12.2 Å². The van der Waals surface area contributed by atoms with Crippen molar-refractivity contribution in [2.24, 2.45) is 0 Å². The molecular weight excluding hydrogens is 364 g/mol. The Labute approximate surface area is 169 Å². The first kappa shape index (κ1) is 18.7. The predicted octanol–water partition coefficient (Wildman–Crippen LogP) is 5.44. The van der Waals surface area contributed by atoms with Crippen LogP contribution >= 0.6 is 0 Å². The third-order valence-electron chi connectivity index (χ3n) is 4.65. The van der Waals surface area contributed by atoms with E-state index in [2.05, 4.69) is 10.3 Å². The number of oxazole rings is 1. The fourth-order valence-electron chi connectivity index (χ4n) is 3.15. The first-order chi connectivity index (χ1) is 14.0. The zero-order valence-electron chi connectivity index (χ0n) is 16.7. The number of amides is 1. The highest BCUT2D eigenvalue weighted by Crippen LogP contribution is 2.26. The number of rotatable bonds is 5. The molecule has 0 radical (unpaired) electrons. The minimum Gasteiger partial charge on any atom is -0.483 e. The van der Waals surface area contributed by atoms with Crippen LogP contribution in [0.1, 0.15) is 16.7 Å². The van der Waals surface area contributed by atoms with Gasteiger partial charge in [-0.05, 0) is 74.4 Å². The maximum Gasteiger partial charge on any atom is 0.262 e. The standard InChI is InChI=1S/C24H22N2O3/c1-15-5-11-21(17(3)12-15)28-14-23(27)25-19-8-6-18(7-9-19)24-26-20-10-4-16(2)13-22(20)29-24/h4-13H,14H2,1-3H3,(H,25,27). The highest BCUT2D eigenvalue weighted by molar-refractivity contribution is 5.92. The lowest BCUT2D eigenvalue weighted by Crippen LogP contribution is -2.20. The summed E-state index contributed by atoms with van der Waals surface area (Å²) in [4.78, 5) is 16.7. The molecule has 0 aliphatic rings. The van der Waals surface area contributed by atoms with Gasteiger partial charge in [-0.3, -0.25) is 4.79 Å². The number of hydrogen-bond donors (Lipinski definition) is 1. The van der Waals surface area contributed by atoms with Gasteiger partial charge in [0, 0.05) is 11.3 Å². The lowest BCUT2D eigenvalue weighted by Gasteiger charge is -2.10. The van der Waals surface area contributed by atoms with Crippen molar-refractivity contribution < 1.29 is 13.9 Å². The molecule has 0 spiro atoms. The number of fused-ring (bicyclic) bond motifs is 1. The summed E-state index contributed by atoms with van der Waals surface area (Å²) in [6.45, 7) is 5.96. The molecule has 1 heterocycles. The Morgan fingerprint density at radius 3 is 2.45 bits per heavy atom. The van der Waals surface area contributed by atoms with Crippen LogP contribution in [0.25, 0.3) is 22.6 Å². The fraction of sp³-hybridized carbons (Fsp3) is 0.167. The van der Waals surface area contributed by atoms with E-state index in [1.807, 2.05) is 81.4 Å². The van der Waals surface area contributed by atoms with Crippen LogP contribution in [0.3, 0.4) is 0 Å². The smallest absolute Gasteiger partial charge is 0.262 e. The lowest BCUT2D eigenvalue weighted by molar-refractivity contribution is -0.118. The molecule has 0 aliphatic carbocycles. The second-order valence-electron chi connectivity index (χ2n) is 7.17. The van der Waals surface area contributed by atoms with E-state index < -0.39 is 0 Å². The van der Waals surface area contributed by atoms with Crippen LogP contribution in [0.5, 0.6) is 5.75 Å². The second-order valence-corrected chi connectivity index (χ2v) is 7.17. The van der Waals surface area contributed by atoms with E-state index in [0.29, 0.717) is 17.3 Å². The van der Waals surface area contributed by atoms with Gasteiger partial charge in [-0.1, -0.05) is 23.8 Å². The first-order valence-electron chi connectivity index (χ1n) is 9.45. The lowest BCUT2D eigenvalue weighted by atomic mass is 10.1. The molecule has 0 aliphatic heterocycles. The largest absolute Gasteiger partial charge is 0.483 e. The van der Waals surface area contributed by atoms with Crippen molar-refractivity contribution in [3.05, 3.63) is 77.4 Å². The predicted molar refractivity (Wildman–Crippen MR) is 114 cm³/mol. The van der Waals surface area contributed by atoms with Crippen molar-refractivity contribution in [1.82, 2.24) is 4.98 Å². The summed E-state index contributed by atoms with van der Waals surface area (Å²) in [6, 6.07) is 19.2. The molecule has 1 N–H and O–H groups in total. The van der Waals surface area contributed by atoms with Crippen molar-refractivity contribution in [2.45, 2.75) is 20.8 Å². The van der Waals surface area contributed by atoms with Crippen molar-refractivity contribution >= 4 is 22.7 Å². The summed E-state index contributed by atoms with van der Waals surface area (Å²) in [6.07, 6.45) is 0. The third kappa shape index (κ3) is 4.29. The molecule has 146 valence electrons. The average molecular weight is 386 g/mol. The van der Waals surface area contributed by atoms with Crippen molar-refractivity contribution in [1.29, 1.82) is 0 Å². The summed E-state index contributed by atoms with van der Waals surface area (Å²) >= 11 is 0. The van der Waals surface area contributed by atoms with E-state index in [1.165, 1.54) is 0 Å². The number of aryl methyl sites for hydroxylation is 3. The van der Waals surface area contributed by atoms with Crippen LogP contribution in [0.4, 0.5) is 5.69 Å². The normalized spacial score (nSPS) is 10.9. The Morgan fingerprint density at radius 2 is 1.69 bits per heavy atom. The molecule has 0 unspecified atom stereocenters. The molecule has 0 atom stereocenters. The molecule has 3 aromatic carbocycles. The average Bonchev–Trinajstić information content (AvgIpc) is 3.11. The summed E-state index contributed by atoms with van der Waals surface area (Å²) in [5.74, 6) is 1.06. The zero-order chi connectivity index (χ0) is 20.4. The van der Waals surface area contributed by atoms with Gasteiger partial charge < -0.3 is 14.5 Å². The zero-order valence-corrected chi connectivity index (χ0v) is 16.7. The summed E-state index contributed by atoms with van der Waals surface area (Å²) < 4.78 is 11.5. The molecule has 0 fully saturated rings. The monoisotopic (exact) mass is 386 g/mol. The van der Waals surface area contributed by atoms with E-state index >= 15 is 0 Å². The molecule has 1 amide bonds. The molecule has 5 heteroatoms. The quantitative estimate of drug-likeness (QED) is 0.496. The minimum absolute atomic E-state index is 0.0455. The molecule has 0 saturated heterocycles. The summed E-state index contributed by atoms with van der Waals surface area (Å²) in [7, 11) is 0. The maximum atomic E-state index is 12.2. The van der Waals surface area contributed by atoms with Gasteiger partial charge >= 0.3 is 0 Å². The van der Waals surface area contributed by atoms with Crippen LogP contribution in [0, 0.1) is 20.8 Å². The number of nitrogens with one attached hydrogen (secondary N) is 1. The van der Waals surface area contributed by atoms with E-state index in [4.69, 9.17) is 9.15 Å². The number of ether oxygens (including phenoxy) is 1. The molecule has 0 bridgehead atoms. The van der Waals surface area contributed by atoms with Gasteiger partial charge in [-0.2, -0.15) is 0 Å². The van der Waals surface area contributed by atoms with Crippen molar-refractivity contribution in [3.63, 3.8) is 0 Å². The Bertz CT molecular complexity index is 1180. The molecule has 4 aromatic rings. The Morgan fingerprint density at radius 1 is 0.966 bits per heavy atom. The number of aromatic nitrogens is 1. The Hall–Kier alpha value is -3.60. The minimum atomic E-state index is -0.213. The second kappa shape index (κ2) is 7.80. The van der Waals surface area contributed by atoms with E-state index in [-0.39, 0.29) is 12.5 Å². The van der Waals surface area contributed by atoms with Crippen LogP contribution in [-0.4, -0.2) is 17.5 Å². The maximum absolute atomic E-state index is 12.2. The number of carbonyl (C=O) groups excluding carboxylic acids is 1. The summed E-state index contributed by atoms with van der Waals surface area (Å²) in [5.41, 5.74) is 6.43. The van der Waals surface area contributed by atoms with E-state index in [9.17, 15) is 4.79 Å². The third-order valence-corrected chi connectivity index (χ3v) is 4.65. The topological polar surface area (TPSA) is 64.4 Å². The molecular formula is C24H22N2O3. The van der Waals surface area contributed by atoms with Crippen LogP contribution in [0.15, 0.2) is 65.1 Å². The van der Waals surface area contributed by atoms with Gasteiger partial charge in [-0.25, -0.2) is 4.98 Å². The number of nitrogens with zero attached hydrogens (tertiary/aromatic N) is 1. The molecule has 29 heavy (non-hydrogen) atoms. The van der Waals surface area contributed by atoms with E-state index in [1.54, 1.807) is 0 Å². The molecule has 1 aromatic heterocycles. The highest BCUT2D eigenvalue weighted by Gasteiger charge is 2.10. The van der Waals surface area contributed by atoms with Crippen LogP contribution in [0.2, 0.25) is 0 Å². The Balaban J connectivity index is 1.40. The van der Waals surface area contributed by atoms with Gasteiger partial charge in [0.05, 0.1) is 0 Å². The van der Waals surface area contributed by atoms with Crippen LogP contribution < -0.4 is 10.1 Å². The number of hydrogen-bond acceptors (Lipinski definition) is 4. The fourth-order valence-corrected chi connectivity index (χ4v) is 3.15. The van der Waals surface area contributed by atoms with Crippen molar-refractivity contribution in [2.75, 3.05) is 11.9 Å². The first-order valence-corrected chi connectivity index (χ1v) is 9.45.